The molecule has 0 aromatic carbocycles. The maximum atomic E-state index is 12.9. The van der Waals surface area contributed by atoms with Crippen LogP contribution in [0.3, 0.4) is 0 Å². The molecule has 0 aromatic heterocycles. The highest BCUT2D eigenvalue weighted by Crippen LogP contribution is 2.18. The van der Waals surface area contributed by atoms with Crippen LogP contribution in [0.1, 0.15) is 322 Å². The zero-order valence-corrected chi connectivity index (χ0v) is 60.8. The van der Waals surface area contributed by atoms with Crippen LogP contribution in [0.5, 0.6) is 0 Å². The second-order valence-electron chi connectivity index (χ2n) is 26.6. The number of hydrogen-bond acceptors (Lipinski definition) is 8. The van der Waals surface area contributed by atoms with Crippen molar-refractivity contribution in [2.45, 2.75) is 334 Å². The zero-order valence-electron chi connectivity index (χ0n) is 60.8. The van der Waals surface area contributed by atoms with Gasteiger partial charge in [0.25, 0.3) is 0 Å². The molecule has 0 aromatic rings. The van der Waals surface area contributed by atoms with E-state index in [2.05, 4.69) is 148 Å². The number of likely N-dealkylation sites (N-methyl/N-ethyl adjacent to an activating group) is 1. The lowest BCUT2D eigenvalue weighted by atomic mass is 10.0. The number of aliphatic carboxylic acids is 1. The van der Waals surface area contributed by atoms with Crippen LogP contribution in [-0.4, -0.2) is 82.3 Å². The largest absolute Gasteiger partial charge is 0.545 e. The molecular weight excluding hydrogens is 1150 g/mol. The van der Waals surface area contributed by atoms with Crippen molar-refractivity contribution >= 4 is 17.9 Å². The van der Waals surface area contributed by atoms with Gasteiger partial charge in [-0.05, 0) is 116 Å². The van der Waals surface area contributed by atoms with Gasteiger partial charge in [0.1, 0.15) is 13.2 Å². The Morgan fingerprint density at radius 3 is 0.925 bits per heavy atom. The van der Waals surface area contributed by atoms with Gasteiger partial charge in [0.2, 0.25) is 0 Å². The summed E-state index contributed by atoms with van der Waals surface area (Å²) in [5.74, 6) is -2.33. The Morgan fingerprint density at radius 2 is 0.613 bits per heavy atom. The molecule has 0 radical (unpaired) electrons. The molecular formula is C84H143NO8. The van der Waals surface area contributed by atoms with E-state index in [4.69, 9.17) is 18.9 Å². The van der Waals surface area contributed by atoms with Crippen LogP contribution in [0.4, 0.5) is 0 Å². The standard InChI is InChI=1S/C84H143NO8/c1-6-8-10-12-14-16-18-20-22-24-26-28-30-32-34-36-38-39-40-41-42-43-45-46-48-50-52-54-56-58-60-62-64-66-68-70-72-74-81(86)91-78-80(79-92-84(83(88)89)90-77-76-85(3,4)5)93-82(87)75-73-71-69-67-65-63-61-59-57-55-53-51-49-47-44-37-35-33-31-29-27-25-23-21-19-17-15-13-11-9-7-2/h9,11,15,17-18,20-21,23-24,26-27,29,33,35,44,47,51,53,57,59,63,65,80,84H,6-8,10,12-14,16,19,22,25,28,30-32,34,36-43,45-46,48-50,52,54-56,58,60-62,64,66-79H2,1-5H3/b11-9-,17-15-,20-18-,23-21-,26-24-,29-27-,35-33-,47-44-,53-51-,59-57-,65-63-. The van der Waals surface area contributed by atoms with Crippen LogP contribution in [0.2, 0.25) is 0 Å². The lowest BCUT2D eigenvalue weighted by molar-refractivity contribution is -0.870. The van der Waals surface area contributed by atoms with E-state index in [1.54, 1.807) is 0 Å². The van der Waals surface area contributed by atoms with Crippen molar-refractivity contribution < 1.29 is 42.9 Å². The van der Waals surface area contributed by atoms with Crippen molar-refractivity contribution in [2.24, 2.45) is 0 Å². The van der Waals surface area contributed by atoms with Gasteiger partial charge < -0.3 is 33.3 Å². The molecule has 0 aliphatic heterocycles. The number of rotatable bonds is 70. The number of quaternary nitrogens is 1. The normalized spacial score (nSPS) is 13.4. The Bertz CT molecular complexity index is 2000. The second-order valence-corrected chi connectivity index (χ2v) is 26.6. The molecule has 532 valence electrons. The van der Waals surface area contributed by atoms with Gasteiger partial charge >= 0.3 is 11.9 Å². The summed E-state index contributed by atoms with van der Waals surface area (Å²) < 4.78 is 22.8. The molecule has 9 heteroatoms. The maximum absolute atomic E-state index is 12.9. The number of carboxylic acids is 1. The molecule has 0 fully saturated rings. The lowest BCUT2D eigenvalue weighted by Gasteiger charge is -2.26. The Labute approximate surface area is 573 Å². The van der Waals surface area contributed by atoms with Crippen molar-refractivity contribution in [2.75, 3.05) is 47.5 Å². The quantitative estimate of drug-likeness (QED) is 0.0195. The molecule has 0 bridgehead atoms. The van der Waals surface area contributed by atoms with Crippen LogP contribution >= 0.6 is 0 Å². The van der Waals surface area contributed by atoms with Crippen LogP contribution in [-0.2, 0) is 33.3 Å². The smallest absolute Gasteiger partial charge is 0.306 e. The average molecular weight is 1300 g/mol. The van der Waals surface area contributed by atoms with E-state index >= 15 is 0 Å². The predicted molar refractivity (Wildman–Crippen MR) is 398 cm³/mol. The Balaban J connectivity index is 4.11. The molecule has 0 N–H and O–H groups in total. The number of unbranched alkanes of at least 4 members (excludes halogenated alkanes) is 33. The highest BCUT2D eigenvalue weighted by atomic mass is 16.7. The zero-order chi connectivity index (χ0) is 67.5. The monoisotopic (exact) mass is 1290 g/mol. The van der Waals surface area contributed by atoms with Gasteiger partial charge in [0.15, 0.2) is 12.4 Å². The summed E-state index contributed by atoms with van der Waals surface area (Å²) in [6.45, 7) is 4.60. The van der Waals surface area contributed by atoms with Gasteiger partial charge in [-0.15, -0.1) is 0 Å². The van der Waals surface area contributed by atoms with Crippen molar-refractivity contribution in [1.82, 2.24) is 0 Å². The average Bonchev–Trinajstić information content (AvgIpc) is 3.38. The minimum Gasteiger partial charge on any atom is -0.545 e. The topological polar surface area (TPSA) is 111 Å². The molecule has 0 spiro atoms. The summed E-state index contributed by atoms with van der Waals surface area (Å²) >= 11 is 0. The van der Waals surface area contributed by atoms with Gasteiger partial charge in [-0.25, -0.2) is 0 Å². The van der Waals surface area contributed by atoms with E-state index in [-0.39, 0.29) is 38.6 Å². The highest BCUT2D eigenvalue weighted by Gasteiger charge is 2.22. The molecule has 0 saturated carbocycles. The molecule has 93 heavy (non-hydrogen) atoms. The van der Waals surface area contributed by atoms with Gasteiger partial charge in [0, 0.05) is 12.8 Å². The first-order valence-electron chi connectivity index (χ1n) is 38.3. The van der Waals surface area contributed by atoms with E-state index in [1.807, 2.05) is 21.1 Å². The van der Waals surface area contributed by atoms with Crippen molar-refractivity contribution in [3.05, 3.63) is 134 Å². The Kier molecular flexibility index (Phi) is 69.6. The van der Waals surface area contributed by atoms with E-state index in [1.165, 1.54) is 186 Å². The fraction of sp³-hybridized carbons (Fsp3) is 0.702. The van der Waals surface area contributed by atoms with E-state index < -0.39 is 24.3 Å². The first-order chi connectivity index (χ1) is 45.6. The van der Waals surface area contributed by atoms with E-state index in [0.717, 1.165) is 103 Å². The summed E-state index contributed by atoms with van der Waals surface area (Å²) in [4.78, 5) is 37.5. The number of hydrogen-bond donors (Lipinski definition) is 0. The summed E-state index contributed by atoms with van der Waals surface area (Å²) in [7, 11) is 5.92. The summed E-state index contributed by atoms with van der Waals surface area (Å²) in [5.41, 5.74) is 0. The molecule has 2 atom stereocenters. The minimum atomic E-state index is -1.64. The summed E-state index contributed by atoms with van der Waals surface area (Å²) in [6, 6.07) is 0. The fourth-order valence-corrected chi connectivity index (χ4v) is 10.6. The molecule has 0 rings (SSSR count). The van der Waals surface area contributed by atoms with Gasteiger partial charge in [-0.3, -0.25) is 9.59 Å². The maximum Gasteiger partial charge on any atom is 0.306 e. The van der Waals surface area contributed by atoms with Gasteiger partial charge in [0.05, 0.1) is 40.3 Å². The molecule has 9 nitrogen and oxygen atoms in total. The molecule has 0 aliphatic rings. The third-order valence-electron chi connectivity index (χ3n) is 16.4. The van der Waals surface area contributed by atoms with Crippen LogP contribution in [0.15, 0.2) is 134 Å². The molecule has 0 saturated heterocycles. The summed E-state index contributed by atoms with van der Waals surface area (Å²) in [6.07, 6.45) is 103. The van der Waals surface area contributed by atoms with E-state index in [9.17, 15) is 19.5 Å². The molecule has 2 unspecified atom stereocenters. The molecule has 0 amide bonds. The van der Waals surface area contributed by atoms with E-state index in [0.29, 0.717) is 17.4 Å². The van der Waals surface area contributed by atoms with Gasteiger partial charge in [-0.2, -0.15) is 0 Å². The van der Waals surface area contributed by atoms with Crippen molar-refractivity contribution in [3.63, 3.8) is 0 Å². The number of carboxylic acid groups (broad SMARTS) is 1. The van der Waals surface area contributed by atoms with Crippen LogP contribution in [0, 0.1) is 0 Å². The highest BCUT2D eigenvalue weighted by molar-refractivity contribution is 5.70. The first-order valence-corrected chi connectivity index (χ1v) is 38.3. The number of ether oxygens (including phenoxy) is 4. The lowest BCUT2D eigenvalue weighted by Crippen LogP contribution is -2.44. The third kappa shape index (κ3) is 74.7. The SMILES string of the molecule is CC/C=C\C/C=C\C/C=C\C/C=C\C/C=C\C/C=C\C/C=C\C/C=C\C/C=C\CCCCCC(=O)OC(COC(=O)CCCCCCCCCCCCCCCCCCCCCCCCCCC/C=C\C/C=C\CCCCCCC)COC(OCC[N+](C)(C)C)C(=O)[O-]. The number of esters is 2. The van der Waals surface area contributed by atoms with Crippen molar-refractivity contribution in [1.29, 1.82) is 0 Å². The number of nitrogens with zero attached hydrogens (tertiary/aromatic N) is 1. The Morgan fingerprint density at radius 1 is 0.333 bits per heavy atom. The second kappa shape index (κ2) is 73.2. The Hall–Kier alpha value is -4.57. The third-order valence-corrected chi connectivity index (χ3v) is 16.4. The molecule has 0 aliphatic carbocycles. The minimum absolute atomic E-state index is 0.135. The number of carbonyl (C=O) groups excluding carboxylic acids is 3. The fourth-order valence-electron chi connectivity index (χ4n) is 10.6. The predicted octanol–water partition coefficient (Wildman–Crippen LogP) is 23.1. The van der Waals surface area contributed by atoms with Crippen molar-refractivity contribution in [3.8, 4) is 0 Å². The first kappa shape index (κ1) is 88.4. The van der Waals surface area contributed by atoms with Gasteiger partial charge in [-0.1, -0.05) is 327 Å². The summed E-state index contributed by atoms with van der Waals surface area (Å²) in [5, 5.41) is 11.8. The van der Waals surface area contributed by atoms with Crippen LogP contribution < -0.4 is 5.11 Å². The number of allylic oxidation sites excluding steroid dienone is 22. The number of carbonyl (C=O) groups is 3. The molecule has 0 heterocycles. The van der Waals surface area contributed by atoms with Crippen LogP contribution in [0.25, 0.3) is 0 Å².